The average Bonchev–Trinajstić information content (AvgIpc) is 3.10. The fourth-order valence-electron chi connectivity index (χ4n) is 4.22. The molecule has 0 amide bonds. The number of rotatable bonds is 7. The Morgan fingerprint density at radius 2 is 1.96 bits per heavy atom. The van der Waals surface area contributed by atoms with Gasteiger partial charge in [-0.3, -0.25) is 0 Å². The molecule has 0 bridgehead atoms. The summed E-state index contributed by atoms with van der Waals surface area (Å²) in [6.07, 6.45) is 12.2. The fraction of sp³-hybridized carbons (Fsp3) is 0.462. The first-order valence-electron chi connectivity index (χ1n) is 10.9. The quantitative estimate of drug-likeness (QED) is 0.504. The standard InChI is InChI=1S/C26H36N2/c1-6-8-21(10-9-19(5)7-2)26-25(18(3)4)23-17-22(11-12-24(23)28-26)20-13-15-27-16-14-20/h6,8-12,17-20,27-28H,1,7,13-16H2,2-5H3/b10-9-,21-8+. The van der Waals surface area contributed by atoms with E-state index in [4.69, 9.17) is 0 Å². The van der Waals surface area contributed by atoms with Gasteiger partial charge >= 0.3 is 0 Å². The summed E-state index contributed by atoms with van der Waals surface area (Å²) in [5, 5.41) is 4.86. The number of aromatic amines is 1. The van der Waals surface area contributed by atoms with Gasteiger partial charge in [0, 0.05) is 16.6 Å². The van der Waals surface area contributed by atoms with E-state index in [9.17, 15) is 0 Å². The molecule has 1 aliphatic heterocycles. The molecule has 2 nitrogen and oxygen atoms in total. The molecule has 150 valence electrons. The summed E-state index contributed by atoms with van der Waals surface area (Å²) in [6, 6.07) is 7.06. The second-order valence-corrected chi connectivity index (χ2v) is 8.50. The lowest BCUT2D eigenvalue weighted by molar-refractivity contribution is 0.460. The summed E-state index contributed by atoms with van der Waals surface area (Å²) in [4.78, 5) is 3.72. The molecule has 0 spiro atoms. The smallest absolute Gasteiger partial charge is 0.0499 e. The summed E-state index contributed by atoms with van der Waals surface area (Å²) in [5.41, 5.74) is 6.62. The first-order valence-corrected chi connectivity index (χ1v) is 10.9. The summed E-state index contributed by atoms with van der Waals surface area (Å²) in [6.45, 7) is 15.3. The number of aromatic nitrogens is 1. The second-order valence-electron chi connectivity index (χ2n) is 8.50. The number of hydrogen-bond acceptors (Lipinski definition) is 1. The first kappa shape index (κ1) is 20.7. The van der Waals surface area contributed by atoms with Crippen LogP contribution in [-0.2, 0) is 0 Å². The van der Waals surface area contributed by atoms with Crippen LogP contribution in [0.15, 0.2) is 49.1 Å². The molecule has 0 saturated carbocycles. The third-order valence-corrected chi connectivity index (χ3v) is 6.09. The molecule has 0 aliphatic carbocycles. The highest BCUT2D eigenvalue weighted by atomic mass is 14.9. The van der Waals surface area contributed by atoms with E-state index in [0.717, 1.165) is 19.5 Å². The molecule has 1 aliphatic rings. The molecule has 1 aromatic heterocycles. The van der Waals surface area contributed by atoms with Crippen LogP contribution in [0, 0.1) is 5.92 Å². The van der Waals surface area contributed by atoms with E-state index in [-0.39, 0.29) is 0 Å². The fourth-order valence-corrected chi connectivity index (χ4v) is 4.22. The van der Waals surface area contributed by atoms with Gasteiger partial charge in [0.25, 0.3) is 0 Å². The Bertz CT molecular complexity index is 860. The van der Waals surface area contributed by atoms with Crippen LogP contribution in [0.5, 0.6) is 0 Å². The van der Waals surface area contributed by atoms with Crippen LogP contribution < -0.4 is 5.32 Å². The van der Waals surface area contributed by atoms with Crippen LogP contribution in [0.1, 0.15) is 75.6 Å². The van der Waals surface area contributed by atoms with Gasteiger partial charge < -0.3 is 10.3 Å². The van der Waals surface area contributed by atoms with Crippen molar-refractivity contribution in [3.05, 3.63) is 65.9 Å². The van der Waals surface area contributed by atoms with Crippen molar-refractivity contribution in [2.45, 2.75) is 58.8 Å². The molecule has 28 heavy (non-hydrogen) atoms. The van der Waals surface area contributed by atoms with E-state index in [1.807, 2.05) is 6.08 Å². The molecular formula is C26H36N2. The number of hydrogen-bond donors (Lipinski definition) is 2. The predicted molar refractivity (Wildman–Crippen MR) is 124 cm³/mol. The Labute approximate surface area is 170 Å². The monoisotopic (exact) mass is 376 g/mol. The SMILES string of the molecule is C=C/C=C(\C=C/C(C)CC)c1[nH]c2ccc(C3CCNCC3)cc2c1C(C)C. The molecule has 1 unspecified atom stereocenters. The minimum Gasteiger partial charge on any atom is -0.354 e. The zero-order valence-corrected chi connectivity index (χ0v) is 18.0. The van der Waals surface area contributed by atoms with Crippen LogP contribution in [0.2, 0.25) is 0 Å². The molecule has 2 heterocycles. The van der Waals surface area contributed by atoms with Gasteiger partial charge in [-0.1, -0.05) is 71.1 Å². The van der Waals surface area contributed by atoms with E-state index in [2.05, 4.69) is 81.0 Å². The lowest BCUT2D eigenvalue weighted by atomic mass is 9.88. The van der Waals surface area contributed by atoms with Crippen LogP contribution in [-0.4, -0.2) is 18.1 Å². The zero-order chi connectivity index (χ0) is 20.1. The maximum absolute atomic E-state index is 3.95. The van der Waals surface area contributed by atoms with Crippen molar-refractivity contribution in [3.63, 3.8) is 0 Å². The molecular weight excluding hydrogens is 340 g/mol. The van der Waals surface area contributed by atoms with Gasteiger partial charge in [-0.15, -0.1) is 0 Å². The van der Waals surface area contributed by atoms with Gasteiger partial charge in [-0.05, 0) is 72.5 Å². The van der Waals surface area contributed by atoms with Crippen LogP contribution in [0.4, 0.5) is 0 Å². The van der Waals surface area contributed by atoms with Gasteiger partial charge in [-0.2, -0.15) is 0 Å². The van der Waals surface area contributed by atoms with Crippen molar-refractivity contribution in [2.75, 3.05) is 13.1 Å². The Kier molecular flexibility index (Phi) is 6.96. The van der Waals surface area contributed by atoms with Gasteiger partial charge in [0.2, 0.25) is 0 Å². The molecule has 1 atom stereocenters. The van der Waals surface area contributed by atoms with Crippen molar-refractivity contribution >= 4 is 16.5 Å². The highest BCUT2D eigenvalue weighted by Crippen LogP contribution is 2.36. The maximum atomic E-state index is 3.95. The largest absolute Gasteiger partial charge is 0.354 e. The van der Waals surface area contributed by atoms with Gasteiger partial charge in [-0.25, -0.2) is 0 Å². The Morgan fingerprint density at radius 1 is 1.21 bits per heavy atom. The summed E-state index contributed by atoms with van der Waals surface area (Å²) in [5.74, 6) is 1.71. The molecule has 1 aromatic carbocycles. The highest BCUT2D eigenvalue weighted by molar-refractivity contribution is 5.92. The van der Waals surface area contributed by atoms with Gasteiger partial charge in [0.15, 0.2) is 0 Å². The van der Waals surface area contributed by atoms with Crippen molar-refractivity contribution < 1.29 is 0 Å². The van der Waals surface area contributed by atoms with E-state index >= 15 is 0 Å². The predicted octanol–water partition coefficient (Wildman–Crippen LogP) is 6.93. The molecule has 2 aromatic rings. The number of nitrogens with one attached hydrogen (secondary N) is 2. The third kappa shape index (κ3) is 4.50. The average molecular weight is 377 g/mol. The van der Waals surface area contributed by atoms with E-state index in [0.29, 0.717) is 17.8 Å². The summed E-state index contributed by atoms with van der Waals surface area (Å²) in [7, 11) is 0. The van der Waals surface area contributed by atoms with Crippen molar-refractivity contribution in [1.29, 1.82) is 0 Å². The molecule has 1 saturated heterocycles. The minimum absolute atomic E-state index is 0.456. The van der Waals surface area contributed by atoms with Crippen LogP contribution >= 0.6 is 0 Å². The lowest BCUT2D eigenvalue weighted by Crippen LogP contribution is -2.26. The maximum Gasteiger partial charge on any atom is 0.0499 e. The van der Waals surface area contributed by atoms with E-state index < -0.39 is 0 Å². The topological polar surface area (TPSA) is 27.8 Å². The van der Waals surface area contributed by atoms with Crippen LogP contribution in [0.25, 0.3) is 16.5 Å². The molecule has 2 heteroatoms. The Hall–Kier alpha value is -2.06. The molecule has 2 N–H and O–H groups in total. The Morgan fingerprint density at radius 3 is 2.61 bits per heavy atom. The minimum atomic E-state index is 0.456. The van der Waals surface area contributed by atoms with Crippen molar-refractivity contribution in [3.8, 4) is 0 Å². The summed E-state index contributed by atoms with van der Waals surface area (Å²) >= 11 is 0. The first-order chi connectivity index (χ1) is 13.5. The number of benzene rings is 1. The van der Waals surface area contributed by atoms with Crippen molar-refractivity contribution in [1.82, 2.24) is 10.3 Å². The van der Waals surface area contributed by atoms with Gasteiger partial charge in [0.1, 0.15) is 0 Å². The summed E-state index contributed by atoms with van der Waals surface area (Å²) < 4.78 is 0. The van der Waals surface area contributed by atoms with E-state index in [1.165, 1.54) is 46.1 Å². The number of allylic oxidation sites excluding steroid dienone is 5. The second kappa shape index (κ2) is 9.43. The Balaban J connectivity index is 2.08. The van der Waals surface area contributed by atoms with Crippen LogP contribution in [0.3, 0.4) is 0 Å². The normalized spacial score (nSPS) is 17.7. The molecule has 0 radical (unpaired) electrons. The lowest BCUT2D eigenvalue weighted by Gasteiger charge is -2.23. The zero-order valence-electron chi connectivity index (χ0n) is 18.0. The van der Waals surface area contributed by atoms with Crippen molar-refractivity contribution in [2.24, 2.45) is 5.92 Å². The highest BCUT2D eigenvalue weighted by Gasteiger charge is 2.20. The third-order valence-electron chi connectivity index (χ3n) is 6.09. The number of fused-ring (bicyclic) bond motifs is 1. The number of piperidine rings is 1. The van der Waals surface area contributed by atoms with Gasteiger partial charge in [0.05, 0.1) is 0 Å². The molecule has 1 fully saturated rings. The van der Waals surface area contributed by atoms with E-state index in [1.54, 1.807) is 0 Å². The number of H-pyrrole nitrogens is 1. The molecule has 3 rings (SSSR count).